The van der Waals surface area contributed by atoms with Gasteiger partial charge in [-0.05, 0) is 22.6 Å². The fourth-order valence-corrected chi connectivity index (χ4v) is 2.41. The Hall–Kier alpha value is -2.09. The molecule has 0 radical (unpaired) electrons. The molecule has 2 aromatic rings. The van der Waals surface area contributed by atoms with Crippen molar-refractivity contribution in [2.75, 3.05) is 19.9 Å². The summed E-state index contributed by atoms with van der Waals surface area (Å²) >= 11 is 1.42. The second-order valence-corrected chi connectivity index (χ2v) is 4.88. The Labute approximate surface area is 120 Å². The van der Waals surface area contributed by atoms with Gasteiger partial charge in [-0.15, -0.1) is 5.10 Å². The number of hydrogen-bond acceptors (Lipinski definition) is 6. The van der Waals surface area contributed by atoms with Crippen LogP contribution in [0.5, 0.6) is 5.75 Å². The largest absolute Gasteiger partial charge is 0.494 e. The maximum atomic E-state index is 11.2. The fourth-order valence-electron chi connectivity index (χ4n) is 1.58. The molecule has 0 atom stereocenters. The van der Waals surface area contributed by atoms with E-state index in [9.17, 15) is 4.79 Å². The number of aromatic nitrogens is 4. The number of nitrogens with one attached hydrogen (secondary N) is 1. The summed E-state index contributed by atoms with van der Waals surface area (Å²) in [4.78, 5) is 11.2. The minimum absolute atomic E-state index is 0.00573. The molecule has 1 heterocycles. The Morgan fingerprint density at radius 1 is 1.45 bits per heavy atom. The average Bonchev–Trinajstić information content (AvgIpc) is 2.95. The highest BCUT2D eigenvalue weighted by molar-refractivity contribution is 7.99. The number of methoxy groups -OCH3 is 1. The van der Waals surface area contributed by atoms with Gasteiger partial charge >= 0.3 is 0 Å². The maximum Gasteiger partial charge on any atom is 0.220 e. The first-order valence-electron chi connectivity index (χ1n) is 6.01. The number of nitrogens with zero attached hydrogens (tertiary/aromatic N) is 4. The summed E-state index contributed by atoms with van der Waals surface area (Å²) in [5, 5.41) is 14.8. The van der Waals surface area contributed by atoms with Crippen molar-refractivity contribution in [3.8, 4) is 11.4 Å². The van der Waals surface area contributed by atoms with Crippen LogP contribution in [0.3, 0.4) is 0 Å². The molecule has 106 valence electrons. The van der Waals surface area contributed by atoms with E-state index in [0.717, 1.165) is 5.69 Å². The van der Waals surface area contributed by atoms with E-state index in [-0.39, 0.29) is 5.91 Å². The predicted octanol–water partition coefficient (Wildman–Crippen LogP) is 0.899. The van der Waals surface area contributed by atoms with E-state index in [1.807, 2.05) is 24.3 Å². The fraction of sp³-hybridized carbons (Fsp3) is 0.333. The predicted molar refractivity (Wildman–Crippen MR) is 75.1 cm³/mol. The molecule has 1 N–H and O–H groups in total. The summed E-state index contributed by atoms with van der Waals surface area (Å²) < 4.78 is 6.90. The second-order valence-electron chi connectivity index (χ2n) is 3.82. The molecule has 0 spiro atoms. The minimum atomic E-state index is -0.00573. The molecule has 0 saturated heterocycles. The Balaban J connectivity index is 2.14. The van der Waals surface area contributed by atoms with Crippen LogP contribution in [0.4, 0.5) is 0 Å². The van der Waals surface area contributed by atoms with Crippen LogP contribution in [0.2, 0.25) is 0 Å². The highest BCUT2D eigenvalue weighted by atomic mass is 32.2. The van der Waals surface area contributed by atoms with E-state index in [1.165, 1.54) is 11.8 Å². The molecule has 1 aromatic heterocycles. The smallest absolute Gasteiger partial charge is 0.220 e. The van der Waals surface area contributed by atoms with Gasteiger partial charge in [-0.1, -0.05) is 23.9 Å². The number of thioether (sulfide) groups is 1. The molecule has 1 aromatic carbocycles. The third kappa shape index (κ3) is 3.27. The van der Waals surface area contributed by atoms with Gasteiger partial charge in [0.25, 0.3) is 0 Å². The average molecular weight is 293 g/mol. The van der Waals surface area contributed by atoms with E-state index >= 15 is 0 Å². The molecule has 1 amide bonds. The number of carbonyl (C=O) groups excluding carboxylic acids is 1. The number of tetrazole rings is 1. The first kappa shape index (κ1) is 14.3. The molecular weight excluding hydrogens is 278 g/mol. The van der Waals surface area contributed by atoms with Gasteiger partial charge in [-0.2, -0.15) is 4.68 Å². The van der Waals surface area contributed by atoms with Crippen LogP contribution >= 0.6 is 11.8 Å². The second kappa shape index (κ2) is 6.90. The molecule has 0 aliphatic carbocycles. The van der Waals surface area contributed by atoms with Gasteiger partial charge in [0, 0.05) is 19.2 Å². The molecule has 0 unspecified atom stereocenters. The Morgan fingerprint density at radius 2 is 2.25 bits per heavy atom. The quantitative estimate of drug-likeness (QED) is 0.797. The van der Waals surface area contributed by atoms with Crippen molar-refractivity contribution in [3.05, 3.63) is 24.3 Å². The zero-order chi connectivity index (χ0) is 14.4. The molecule has 0 saturated carbocycles. The molecular formula is C12H15N5O2S. The van der Waals surface area contributed by atoms with Crippen molar-refractivity contribution in [2.45, 2.75) is 11.6 Å². The lowest BCUT2D eigenvalue weighted by Crippen LogP contribution is -2.18. The Bertz CT molecular complexity index is 587. The molecule has 0 fully saturated rings. The molecule has 20 heavy (non-hydrogen) atoms. The monoisotopic (exact) mass is 293 g/mol. The van der Waals surface area contributed by atoms with Crippen molar-refractivity contribution in [2.24, 2.45) is 0 Å². The van der Waals surface area contributed by atoms with Crippen molar-refractivity contribution in [1.29, 1.82) is 0 Å². The summed E-state index contributed by atoms with van der Waals surface area (Å²) in [6.07, 6.45) is 0.417. The van der Waals surface area contributed by atoms with Crippen LogP contribution in [0.25, 0.3) is 5.69 Å². The van der Waals surface area contributed by atoms with Crippen molar-refractivity contribution >= 4 is 17.7 Å². The lowest BCUT2D eigenvalue weighted by atomic mass is 10.3. The van der Waals surface area contributed by atoms with E-state index in [0.29, 0.717) is 23.1 Å². The summed E-state index contributed by atoms with van der Waals surface area (Å²) in [6.45, 7) is 0. The van der Waals surface area contributed by atoms with Crippen molar-refractivity contribution in [1.82, 2.24) is 25.5 Å². The minimum Gasteiger partial charge on any atom is -0.494 e. The van der Waals surface area contributed by atoms with Gasteiger partial charge < -0.3 is 10.1 Å². The van der Waals surface area contributed by atoms with E-state index in [4.69, 9.17) is 4.74 Å². The SMILES string of the molecule is CNC(=O)CCSc1nnnn1-c1ccccc1OC. The van der Waals surface area contributed by atoms with Crippen LogP contribution < -0.4 is 10.1 Å². The first-order chi connectivity index (χ1) is 9.76. The van der Waals surface area contributed by atoms with E-state index in [2.05, 4.69) is 20.8 Å². The highest BCUT2D eigenvalue weighted by Gasteiger charge is 2.13. The van der Waals surface area contributed by atoms with Gasteiger partial charge in [-0.3, -0.25) is 4.79 Å². The molecule has 2 rings (SSSR count). The standard InChI is InChI=1S/C12H15N5O2S/c1-13-11(18)7-8-20-12-14-15-16-17(12)9-5-3-4-6-10(9)19-2/h3-6H,7-8H2,1-2H3,(H,13,18). The van der Waals surface area contributed by atoms with Crippen LogP contribution in [0.1, 0.15) is 6.42 Å². The number of benzene rings is 1. The van der Waals surface area contributed by atoms with Gasteiger partial charge in [0.05, 0.1) is 7.11 Å². The lowest BCUT2D eigenvalue weighted by molar-refractivity contribution is -0.120. The third-order valence-electron chi connectivity index (χ3n) is 2.59. The normalized spacial score (nSPS) is 10.3. The van der Waals surface area contributed by atoms with Crippen LogP contribution in [0, 0.1) is 0 Å². The topological polar surface area (TPSA) is 81.9 Å². The number of para-hydroxylation sites is 2. The maximum absolute atomic E-state index is 11.2. The molecule has 0 aliphatic heterocycles. The van der Waals surface area contributed by atoms with Gasteiger partial charge in [-0.25, -0.2) is 0 Å². The first-order valence-corrected chi connectivity index (χ1v) is 7.00. The Morgan fingerprint density at radius 3 is 3.00 bits per heavy atom. The summed E-state index contributed by atoms with van der Waals surface area (Å²) in [5.74, 6) is 1.29. The summed E-state index contributed by atoms with van der Waals surface area (Å²) in [5.41, 5.74) is 0.766. The number of carbonyl (C=O) groups is 1. The van der Waals surface area contributed by atoms with Crippen LogP contribution in [-0.2, 0) is 4.79 Å². The number of hydrogen-bond donors (Lipinski definition) is 1. The van der Waals surface area contributed by atoms with Crippen molar-refractivity contribution in [3.63, 3.8) is 0 Å². The number of amides is 1. The zero-order valence-electron chi connectivity index (χ0n) is 11.2. The molecule has 0 bridgehead atoms. The molecule has 7 nitrogen and oxygen atoms in total. The Kier molecular flexibility index (Phi) is 4.94. The van der Waals surface area contributed by atoms with Gasteiger partial charge in [0.2, 0.25) is 11.1 Å². The van der Waals surface area contributed by atoms with Gasteiger partial charge in [0.15, 0.2) is 0 Å². The molecule has 8 heteroatoms. The summed E-state index contributed by atoms with van der Waals surface area (Å²) in [6, 6.07) is 7.48. The number of ether oxygens (including phenoxy) is 1. The van der Waals surface area contributed by atoms with Gasteiger partial charge in [0.1, 0.15) is 11.4 Å². The van der Waals surface area contributed by atoms with Crippen LogP contribution in [-0.4, -0.2) is 46.0 Å². The molecule has 0 aliphatic rings. The van der Waals surface area contributed by atoms with Crippen molar-refractivity contribution < 1.29 is 9.53 Å². The lowest BCUT2D eigenvalue weighted by Gasteiger charge is -2.08. The van der Waals surface area contributed by atoms with E-state index in [1.54, 1.807) is 18.8 Å². The highest BCUT2D eigenvalue weighted by Crippen LogP contribution is 2.25. The van der Waals surface area contributed by atoms with E-state index < -0.39 is 0 Å². The third-order valence-corrected chi connectivity index (χ3v) is 3.51. The number of rotatable bonds is 6. The zero-order valence-corrected chi connectivity index (χ0v) is 12.1. The van der Waals surface area contributed by atoms with Crippen LogP contribution in [0.15, 0.2) is 29.4 Å². The summed E-state index contributed by atoms with van der Waals surface area (Å²) in [7, 11) is 3.22.